The van der Waals surface area contributed by atoms with Gasteiger partial charge < -0.3 is 29.9 Å². The van der Waals surface area contributed by atoms with Gasteiger partial charge in [0.25, 0.3) is 0 Å². The van der Waals surface area contributed by atoms with Crippen LogP contribution in [-0.4, -0.2) is 83.0 Å². The van der Waals surface area contributed by atoms with Gasteiger partial charge in [-0.1, -0.05) is 0 Å². The molecule has 0 bridgehead atoms. The molecule has 0 spiro atoms. The van der Waals surface area contributed by atoms with E-state index in [0.717, 1.165) is 24.3 Å². The lowest BCUT2D eigenvalue weighted by atomic mass is 10.1. The summed E-state index contributed by atoms with van der Waals surface area (Å²) in [5.41, 5.74) is -1.47. The quantitative estimate of drug-likeness (QED) is 0.470. The van der Waals surface area contributed by atoms with Gasteiger partial charge in [0, 0.05) is 43.1 Å². The van der Waals surface area contributed by atoms with Crippen LogP contribution in [0.3, 0.4) is 0 Å². The standard InChI is InChI=1S/C29H36F5N5O4/c1-6-38(19-7-8-20(30)21(31)12-19)26(41)23-11-18(13-39(23)25-10-17(29(32,33)34)9-16(2)35-25)36-22-14-37(15-24(22)40)27(42)43-28(3,4)5/h7-10,12,18,22-24,36,40H,6,11,13-15H2,1-5H3/t18-,22-,23-,24+/m0/s1. The molecular formula is C29H36F5N5O4. The van der Waals surface area contributed by atoms with Crippen molar-refractivity contribution in [2.24, 2.45) is 0 Å². The van der Waals surface area contributed by atoms with E-state index in [1.165, 1.54) is 27.7 Å². The van der Waals surface area contributed by atoms with Crippen LogP contribution in [0.4, 0.5) is 38.3 Å². The summed E-state index contributed by atoms with van der Waals surface area (Å²) in [6, 6.07) is 2.68. The Hall–Kier alpha value is -3.52. The Morgan fingerprint density at radius 2 is 1.79 bits per heavy atom. The van der Waals surface area contributed by atoms with E-state index in [2.05, 4.69) is 10.3 Å². The third kappa shape index (κ3) is 7.53. The first-order valence-corrected chi connectivity index (χ1v) is 14.0. The summed E-state index contributed by atoms with van der Waals surface area (Å²) in [4.78, 5) is 34.8. The van der Waals surface area contributed by atoms with Crippen LogP contribution in [-0.2, 0) is 15.7 Å². The van der Waals surface area contributed by atoms with E-state index in [9.17, 15) is 36.6 Å². The molecule has 4 atom stereocenters. The minimum absolute atomic E-state index is 0.0134. The third-order valence-corrected chi connectivity index (χ3v) is 7.34. The van der Waals surface area contributed by atoms with Gasteiger partial charge in [0.15, 0.2) is 11.6 Å². The number of likely N-dealkylation sites (tertiary alicyclic amines) is 1. The Labute approximate surface area is 246 Å². The molecule has 14 heteroatoms. The van der Waals surface area contributed by atoms with E-state index < -0.39 is 65.2 Å². The summed E-state index contributed by atoms with van der Waals surface area (Å²) in [6.07, 6.45) is -6.10. The number of anilines is 2. The van der Waals surface area contributed by atoms with Crippen LogP contribution in [0.1, 0.15) is 45.4 Å². The molecule has 2 aliphatic heterocycles. The van der Waals surface area contributed by atoms with Crippen LogP contribution in [0.5, 0.6) is 0 Å². The number of ether oxygens (including phenoxy) is 1. The number of alkyl halides is 3. The van der Waals surface area contributed by atoms with Crippen molar-refractivity contribution in [1.82, 2.24) is 15.2 Å². The van der Waals surface area contributed by atoms with Crippen molar-refractivity contribution < 1.29 is 41.4 Å². The summed E-state index contributed by atoms with van der Waals surface area (Å²) in [5, 5.41) is 14.0. The molecule has 43 heavy (non-hydrogen) atoms. The Bertz CT molecular complexity index is 1350. The zero-order chi connectivity index (χ0) is 31.9. The van der Waals surface area contributed by atoms with Crippen molar-refractivity contribution in [3.8, 4) is 0 Å². The number of nitrogens with zero attached hydrogens (tertiary/aromatic N) is 4. The Morgan fingerprint density at radius 1 is 1.09 bits per heavy atom. The average molecular weight is 614 g/mol. The molecule has 0 aliphatic carbocycles. The number of pyridine rings is 1. The summed E-state index contributed by atoms with van der Waals surface area (Å²) in [6.45, 7) is 8.48. The number of halogens is 5. The lowest BCUT2D eigenvalue weighted by Gasteiger charge is -2.30. The lowest BCUT2D eigenvalue weighted by molar-refractivity contribution is -0.137. The molecule has 4 rings (SSSR count). The molecule has 2 fully saturated rings. The number of aryl methyl sites for hydroxylation is 1. The zero-order valence-corrected chi connectivity index (χ0v) is 24.6. The predicted octanol–water partition coefficient (Wildman–Crippen LogP) is 4.26. The smallest absolute Gasteiger partial charge is 0.416 e. The number of rotatable bonds is 6. The van der Waals surface area contributed by atoms with Gasteiger partial charge in [-0.2, -0.15) is 13.2 Å². The predicted molar refractivity (Wildman–Crippen MR) is 149 cm³/mol. The number of likely N-dealkylation sites (N-methyl/N-ethyl adjacent to an activating group) is 1. The molecule has 2 saturated heterocycles. The van der Waals surface area contributed by atoms with E-state index in [4.69, 9.17) is 4.74 Å². The van der Waals surface area contributed by atoms with E-state index in [1.807, 2.05) is 0 Å². The molecule has 236 valence electrons. The molecule has 3 heterocycles. The number of nitrogens with one attached hydrogen (secondary N) is 1. The summed E-state index contributed by atoms with van der Waals surface area (Å²) in [5.74, 6) is -2.85. The number of aliphatic hydroxyl groups is 1. The first-order chi connectivity index (χ1) is 20.0. The SMILES string of the molecule is CCN(C(=O)[C@@H]1C[C@H](N[C@H]2CN(C(=O)OC(C)(C)C)C[C@H]2O)CN1c1cc(C(F)(F)F)cc(C)n1)c1ccc(F)c(F)c1. The molecule has 1 aromatic heterocycles. The van der Waals surface area contributed by atoms with Crippen LogP contribution in [0.15, 0.2) is 30.3 Å². The molecule has 2 aliphatic rings. The highest BCUT2D eigenvalue weighted by molar-refractivity contribution is 5.99. The molecule has 1 aromatic carbocycles. The van der Waals surface area contributed by atoms with Gasteiger partial charge in [0.05, 0.1) is 24.3 Å². The second kappa shape index (κ2) is 12.2. The second-order valence-corrected chi connectivity index (χ2v) is 11.9. The van der Waals surface area contributed by atoms with E-state index >= 15 is 0 Å². The number of benzene rings is 1. The van der Waals surface area contributed by atoms with E-state index in [-0.39, 0.29) is 49.8 Å². The van der Waals surface area contributed by atoms with Crippen LogP contribution >= 0.6 is 0 Å². The Balaban J connectivity index is 1.62. The summed E-state index contributed by atoms with van der Waals surface area (Å²) < 4.78 is 74.1. The van der Waals surface area contributed by atoms with Gasteiger partial charge in [0.2, 0.25) is 5.91 Å². The molecule has 2 aromatic rings. The number of carbonyl (C=O) groups excluding carboxylic acids is 2. The molecule has 2 N–H and O–H groups in total. The summed E-state index contributed by atoms with van der Waals surface area (Å²) in [7, 11) is 0. The van der Waals surface area contributed by atoms with Gasteiger partial charge in [0.1, 0.15) is 17.5 Å². The Morgan fingerprint density at radius 3 is 2.40 bits per heavy atom. The number of hydrogen-bond donors (Lipinski definition) is 2. The fourth-order valence-corrected chi connectivity index (χ4v) is 5.43. The monoisotopic (exact) mass is 613 g/mol. The second-order valence-electron chi connectivity index (χ2n) is 11.9. The highest BCUT2D eigenvalue weighted by Crippen LogP contribution is 2.35. The fourth-order valence-electron chi connectivity index (χ4n) is 5.43. The number of aromatic nitrogens is 1. The summed E-state index contributed by atoms with van der Waals surface area (Å²) >= 11 is 0. The number of amides is 2. The van der Waals surface area contributed by atoms with Crippen molar-refractivity contribution in [2.45, 2.75) is 77.0 Å². The first kappa shape index (κ1) is 32.4. The van der Waals surface area contributed by atoms with Crippen LogP contribution < -0.4 is 15.1 Å². The number of aliphatic hydroxyl groups excluding tert-OH is 1. The minimum atomic E-state index is -4.65. The topological polar surface area (TPSA) is 98.2 Å². The van der Waals surface area contributed by atoms with Gasteiger partial charge in [-0.05, 0) is 65.3 Å². The van der Waals surface area contributed by atoms with Crippen molar-refractivity contribution in [3.05, 3.63) is 53.2 Å². The number of hydrogen-bond acceptors (Lipinski definition) is 7. The van der Waals surface area contributed by atoms with Crippen LogP contribution in [0, 0.1) is 18.6 Å². The fraction of sp³-hybridized carbons (Fsp3) is 0.552. The largest absolute Gasteiger partial charge is 0.444 e. The van der Waals surface area contributed by atoms with Gasteiger partial charge in [-0.15, -0.1) is 0 Å². The van der Waals surface area contributed by atoms with Crippen molar-refractivity contribution in [2.75, 3.05) is 36.0 Å². The van der Waals surface area contributed by atoms with Crippen LogP contribution in [0.25, 0.3) is 0 Å². The molecule has 2 amide bonds. The minimum Gasteiger partial charge on any atom is -0.444 e. The highest BCUT2D eigenvalue weighted by Gasteiger charge is 2.44. The number of β-amino-alcohol motifs (C(OH)–C–C–N with tert-alkyl or cyclic N) is 1. The number of carbonyl (C=O) groups is 2. The van der Waals surface area contributed by atoms with Crippen molar-refractivity contribution in [1.29, 1.82) is 0 Å². The molecule has 0 saturated carbocycles. The lowest BCUT2D eigenvalue weighted by Crippen LogP contribution is -2.46. The van der Waals surface area contributed by atoms with Crippen molar-refractivity contribution in [3.63, 3.8) is 0 Å². The van der Waals surface area contributed by atoms with Gasteiger partial charge in [-0.3, -0.25) is 4.79 Å². The van der Waals surface area contributed by atoms with E-state index in [0.29, 0.717) is 0 Å². The maximum Gasteiger partial charge on any atom is 0.416 e. The first-order valence-electron chi connectivity index (χ1n) is 14.0. The maximum absolute atomic E-state index is 14.1. The molecule has 0 unspecified atom stereocenters. The highest BCUT2D eigenvalue weighted by atomic mass is 19.4. The van der Waals surface area contributed by atoms with Crippen molar-refractivity contribution >= 4 is 23.5 Å². The average Bonchev–Trinajstić information content (AvgIpc) is 3.48. The van der Waals surface area contributed by atoms with Crippen LogP contribution in [0.2, 0.25) is 0 Å². The molecular weight excluding hydrogens is 577 g/mol. The van der Waals surface area contributed by atoms with E-state index in [1.54, 1.807) is 27.7 Å². The Kier molecular flexibility index (Phi) is 9.21. The normalized spacial score (nSPS) is 22.7. The zero-order valence-electron chi connectivity index (χ0n) is 24.6. The third-order valence-electron chi connectivity index (χ3n) is 7.34. The maximum atomic E-state index is 14.1. The van der Waals surface area contributed by atoms with Gasteiger partial charge >= 0.3 is 12.3 Å². The van der Waals surface area contributed by atoms with Gasteiger partial charge in [-0.25, -0.2) is 18.6 Å². The molecule has 0 radical (unpaired) electrons. The molecule has 9 nitrogen and oxygen atoms in total.